The van der Waals surface area contributed by atoms with Crippen LogP contribution in [-0.2, 0) is 4.79 Å². The summed E-state index contributed by atoms with van der Waals surface area (Å²) in [6, 6.07) is 0. The Hall–Kier alpha value is -0.710. The number of carboxylic acid groups (broad SMARTS) is 1. The first-order valence-electron chi connectivity index (χ1n) is 6.26. The lowest BCUT2D eigenvalue weighted by Gasteiger charge is -2.23. The third-order valence-corrected chi connectivity index (χ3v) is 4.06. The van der Waals surface area contributed by atoms with Gasteiger partial charge in [-0.3, -0.25) is 4.79 Å². The number of carbonyl (C=O) groups is 1. The molecule has 1 aliphatic rings. The number of halogens is 2. The Kier molecular flexibility index (Phi) is 7.28. The highest BCUT2D eigenvalue weighted by Gasteiger charge is 2.20. The minimum atomic E-state index is -0.982. The average molecular weight is 308 g/mol. The van der Waals surface area contributed by atoms with Crippen molar-refractivity contribution >= 4 is 29.2 Å². The maximum atomic E-state index is 10.7. The van der Waals surface area contributed by atoms with Crippen molar-refractivity contribution in [3.8, 4) is 0 Å². The molecular formula is C13H19Cl2NO3. The van der Waals surface area contributed by atoms with Gasteiger partial charge in [-0.15, -0.1) is 11.6 Å². The van der Waals surface area contributed by atoms with E-state index in [0.29, 0.717) is 12.3 Å². The minimum Gasteiger partial charge on any atom is -0.481 e. The molecule has 0 radical (unpaired) electrons. The molecule has 108 valence electrons. The monoisotopic (exact) mass is 307 g/mol. The fourth-order valence-electron chi connectivity index (χ4n) is 1.88. The van der Waals surface area contributed by atoms with E-state index in [1.165, 1.54) is 0 Å². The lowest BCUT2D eigenvalue weighted by atomic mass is 9.94. The minimum absolute atomic E-state index is 0.100. The Morgan fingerprint density at radius 3 is 2.95 bits per heavy atom. The predicted octanol–water partition coefficient (Wildman–Crippen LogP) is 2.31. The molecule has 0 saturated heterocycles. The number of carboxylic acids is 1. The molecule has 0 aromatic heterocycles. The van der Waals surface area contributed by atoms with Crippen molar-refractivity contribution in [1.29, 1.82) is 0 Å². The van der Waals surface area contributed by atoms with Gasteiger partial charge in [-0.05, 0) is 31.4 Å². The van der Waals surface area contributed by atoms with Crippen LogP contribution in [0.1, 0.15) is 19.3 Å². The normalized spacial score (nSPS) is 25.1. The van der Waals surface area contributed by atoms with Crippen molar-refractivity contribution in [3.05, 3.63) is 23.4 Å². The van der Waals surface area contributed by atoms with Crippen molar-refractivity contribution in [2.24, 2.45) is 11.8 Å². The predicted molar refractivity (Wildman–Crippen MR) is 76.3 cm³/mol. The van der Waals surface area contributed by atoms with E-state index in [9.17, 15) is 4.79 Å². The molecule has 19 heavy (non-hydrogen) atoms. The summed E-state index contributed by atoms with van der Waals surface area (Å²) in [6.07, 6.45) is 7.45. The molecule has 3 atom stereocenters. The second-order valence-electron chi connectivity index (χ2n) is 4.66. The number of aliphatic hydroxyl groups is 1. The standard InChI is InChI=1S/C13H19Cl2NO3/c14-11-4-3-9(6-12(11)15)7-16-5-1-2-10(8-17)13(18)19/h1,4-5,9-10,12,16-17H,2-3,6-8H2,(H,18,19)/b5-1-. The number of nitrogens with one attached hydrogen (secondary N) is 1. The first kappa shape index (κ1) is 16.3. The number of hydrogen-bond acceptors (Lipinski definition) is 3. The van der Waals surface area contributed by atoms with Crippen LogP contribution in [0.5, 0.6) is 0 Å². The molecule has 0 saturated carbocycles. The highest BCUT2D eigenvalue weighted by atomic mass is 35.5. The number of rotatable bonds is 7. The van der Waals surface area contributed by atoms with Crippen LogP contribution in [0.2, 0.25) is 0 Å². The maximum Gasteiger partial charge on any atom is 0.309 e. The highest BCUT2D eigenvalue weighted by Crippen LogP contribution is 2.29. The molecule has 0 aromatic carbocycles. The second-order valence-corrected chi connectivity index (χ2v) is 5.62. The molecule has 1 aliphatic carbocycles. The summed E-state index contributed by atoms with van der Waals surface area (Å²) >= 11 is 12.0. The van der Waals surface area contributed by atoms with Gasteiger partial charge < -0.3 is 15.5 Å². The Morgan fingerprint density at radius 1 is 1.63 bits per heavy atom. The highest BCUT2D eigenvalue weighted by molar-refractivity contribution is 6.37. The molecule has 6 heteroatoms. The molecule has 0 aromatic rings. The third kappa shape index (κ3) is 5.85. The summed E-state index contributed by atoms with van der Waals surface area (Å²) in [5.74, 6) is -1.28. The van der Waals surface area contributed by atoms with E-state index in [0.717, 1.165) is 24.4 Å². The van der Waals surface area contributed by atoms with Gasteiger partial charge in [-0.25, -0.2) is 0 Å². The van der Waals surface area contributed by atoms with Crippen LogP contribution >= 0.6 is 23.2 Å². The zero-order valence-electron chi connectivity index (χ0n) is 10.6. The molecule has 1 rings (SSSR count). The zero-order valence-corrected chi connectivity index (χ0v) is 12.1. The van der Waals surface area contributed by atoms with Crippen LogP contribution in [0.15, 0.2) is 23.4 Å². The molecule has 4 nitrogen and oxygen atoms in total. The van der Waals surface area contributed by atoms with Gasteiger partial charge in [0.15, 0.2) is 0 Å². The third-order valence-electron chi connectivity index (χ3n) is 3.12. The van der Waals surface area contributed by atoms with Crippen LogP contribution in [0.3, 0.4) is 0 Å². The second kappa shape index (κ2) is 8.46. The molecule has 0 bridgehead atoms. The first-order chi connectivity index (χ1) is 9.04. The van der Waals surface area contributed by atoms with Crippen LogP contribution in [0.4, 0.5) is 0 Å². The summed E-state index contributed by atoms with van der Waals surface area (Å²) in [6.45, 7) is 0.427. The Labute approximate surface area is 123 Å². The Morgan fingerprint density at radius 2 is 2.37 bits per heavy atom. The topological polar surface area (TPSA) is 69.6 Å². The molecule has 0 heterocycles. The van der Waals surface area contributed by atoms with E-state index < -0.39 is 11.9 Å². The van der Waals surface area contributed by atoms with Gasteiger partial charge in [-0.2, -0.15) is 0 Å². The number of aliphatic carboxylic acids is 1. The molecule has 0 fully saturated rings. The molecule has 3 unspecified atom stereocenters. The van der Waals surface area contributed by atoms with E-state index >= 15 is 0 Å². The van der Waals surface area contributed by atoms with Gasteiger partial charge >= 0.3 is 5.97 Å². The molecule has 0 amide bonds. The molecule has 0 spiro atoms. The van der Waals surface area contributed by atoms with Gasteiger partial charge in [0.1, 0.15) is 0 Å². The van der Waals surface area contributed by atoms with Crippen LogP contribution in [0, 0.1) is 11.8 Å². The maximum absolute atomic E-state index is 10.7. The first-order valence-corrected chi connectivity index (χ1v) is 7.07. The zero-order chi connectivity index (χ0) is 14.3. The summed E-state index contributed by atoms with van der Waals surface area (Å²) in [4.78, 5) is 10.7. The van der Waals surface area contributed by atoms with Gasteiger partial charge in [0.05, 0.1) is 17.9 Å². The molecular weight excluding hydrogens is 289 g/mol. The Balaban J connectivity index is 2.22. The van der Waals surface area contributed by atoms with E-state index in [-0.39, 0.29) is 12.0 Å². The number of hydrogen-bond donors (Lipinski definition) is 3. The van der Waals surface area contributed by atoms with E-state index in [1.54, 1.807) is 12.3 Å². The van der Waals surface area contributed by atoms with E-state index in [1.807, 2.05) is 6.08 Å². The Bertz CT molecular complexity index is 358. The lowest BCUT2D eigenvalue weighted by Crippen LogP contribution is -2.23. The van der Waals surface area contributed by atoms with Crippen LogP contribution in [0.25, 0.3) is 0 Å². The smallest absolute Gasteiger partial charge is 0.309 e. The van der Waals surface area contributed by atoms with Crippen molar-refractivity contribution in [3.63, 3.8) is 0 Å². The lowest BCUT2D eigenvalue weighted by molar-refractivity contribution is -0.142. The SMILES string of the molecule is O=C(O)C(CO)C/C=C\NCC1CC=C(Cl)C(Cl)C1. The number of aliphatic hydroxyl groups excluding tert-OH is 1. The van der Waals surface area contributed by atoms with Crippen LogP contribution in [-0.4, -0.2) is 34.7 Å². The van der Waals surface area contributed by atoms with Crippen LogP contribution < -0.4 is 5.32 Å². The van der Waals surface area contributed by atoms with Gasteiger partial charge in [0.25, 0.3) is 0 Å². The van der Waals surface area contributed by atoms with E-state index in [2.05, 4.69) is 5.32 Å². The van der Waals surface area contributed by atoms with Crippen molar-refractivity contribution in [2.45, 2.75) is 24.6 Å². The van der Waals surface area contributed by atoms with Crippen molar-refractivity contribution < 1.29 is 15.0 Å². The summed E-state index contributed by atoms with van der Waals surface area (Å²) in [5, 5.41) is 21.3. The fourth-order valence-corrected chi connectivity index (χ4v) is 2.40. The van der Waals surface area contributed by atoms with Crippen molar-refractivity contribution in [2.75, 3.05) is 13.2 Å². The largest absolute Gasteiger partial charge is 0.481 e. The molecule has 3 N–H and O–H groups in total. The number of allylic oxidation sites excluding steroid dienone is 3. The summed E-state index contributed by atoms with van der Waals surface area (Å²) in [5.41, 5.74) is 0. The quantitative estimate of drug-likeness (QED) is 0.631. The average Bonchev–Trinajstić information content (AvgIpc) is 2.37. The fraction of sp³-hybridized carbons (Fsp3) is 0.615. The van der Waals surface area contributed by atoms with Gasteiger partial charge in [0, 0.05) is 11.6 Å². The summed E-state index contributed by atoms with van der Waals surface area (Å²) in [7, 11) is 0. The summed E-state index contributed by atoms with van der Waals surface area (Å²) < 4.78 is 0. The van der Waals surface area contributed by atoms with E-state index in [4.69, 9.17) is 33.4 Å². The van der Waals surface area contributed by atoms with Gasteiger partial charge in [-0.1, -0.05) is 23.8 Å². The van der Waals surface area contributed by atoms with Crippen molar-refractivity contribution in [1.82, 2.24) is 5.32 Å². The molecule has 0 aliphatic heterocycles. The van der Waals surface area contributed by atoms with Gasteiger partial charge in [0.2, 0.25) is 0 Å². The number of alkyl halides is 1.